The predicted octanol–water partition coefficient (Wildman–Crippen LogP) is 4.09. The number of nitrogens with two attached hydrogens (primary N) is 1. The van der Waals surface area contributed by atoms with Gasteiger partial charge in [-0.3, -0.25) is 0 Å². The van der Waals surface area contributed by atoms with Gasteiger partial charge in [0.25, 0.3) is 0 Å². The number of fused-ring (bicyclic) bond motifs is 1. The van der Waals surface area contributed by atoms with Crippen molar-refractivity contribution in [1.82, 2.24) is 15.2 Å². The van der Waals surface area contributed by atoms with Crippen molar-refractivity contribution < 1.29 is 8.42 Å². The Balaban J connectivity index is 1.26. The van der Waals surface area contributed by atoms with Crippen LogP contribution in [0.5, 0.6) is 0 Å². The Labute approximate surface area is 203 Å². The SMILES string of the molecule is CCCN(CCCCCCNCCc1ccc(S(C)(=O)=O)cc1)C1CCc2nc(N)sc2C1. The summed E-state index contributed by atoms with van der Waals surface area (Å²) in [6.45, 7) is 6.62. The number of aryl methyl sites for hydroxylation is 1. The smallest absolute Gasteiger partial charge is 0.180 e. The Morgan fingerprint density at radius 2 is 1.88 bits per heavy atom. The second-order valence-electron chi connectivity index (χ2n) is 9.18. The van der Waals surface area contributed by atoms with Crippen molar-refractivity contribution in [2.24, 2.45) is 0 Å². The molecule has 8 heteroatoms. The third kappa shape index (κ3) is 8.35. The van der Waals surface area contributed by atoms with E-state index in [2.05, 4.69) is 22.1 Å². The average Bonchev–Trinajstić information content (AvgIpc) is 3.16. The van der Waals surface area contributed by atoms with E-state index in [1.807, 2.05) is 12.1 Å². The molecule has 1 aliphatic rings. The van der Waals surface area contributed by atoms with Gasteiger partial charge in [0.2, 0.25) is 0 Å². The molecule has 3 rings (SSSR count). The number of sulfone groups is 1. The zero-order valence-electron chi connectivity index (χ0n) is 20.2. The fraction of sp³-hybridized carbons (Fsp3) is 0.640. The summed E-state index contributed by atoms with van der Waals surface area (Å²) in [5.74, 6) is 0. The van der Waals surface area contributed by atoms with Crippen LogP contribution in [0.15, 0.2) is 29.2 Å². The Morgan fingerprint density at radius 3 is 2.61 bits per heavy atom. The third-order valence-electron chi connectivity index (χ3n) is 6.45. The first-order valence-electron chi connectivity index (χ1n) is 12.3. The van der Waals surface area contributed by atoms with Gasteiger partial charge in [-0.1, -0.05) is 31.9 Å². The number of rotatable bonds is 14. The number of unbranched alkanes of at least 4 members (excludes halogenated alkanes) is 3. The van der Waals surface area contributed by atoms with Crippen LogP contribution in [0.4, 0.5) is 5.13 Å². The van der Waals surface area contributed by atoms with Crippen molar-refractivity contribution in [2.45, 2.75) is 75.6 Å². The lowest BCUT2D eigenvalue weighted by atomic mass is 9.95. The molecule has 0 saturated heterocycles. The van der Waals surface area contributed by atoms with E-state index >= 15 is 0 Å². The van der Waals surface area contributed by atoms with E-state index in [-0.39, 0.29) is 0 Å². The van der Waals surface area contributed by atoms with Crippen LogP contribution in [0.25, 0.3) is 0 Å². The molecule has 0 saturated carbocycles. The van der Waals surface area contributed by atoms with Gasteiger partial charge in [-0.25, -0.2) is 13.4 Å². The highest BCUT2D eigenvalue weighted by molar-refractivity contribution is 7.90. The molecule has 1 aromatic heterocycles. The average molecular weight is 493 g/mol. The molecule has 0 bridgehead atoms. The number of hydrogen-bond donors (Lipinski definition) is 2. The standard InChI is InChI=1S/C25H40N4O2S2/c1-3-17-29(21-10-13-23-24(19-21)32-25(26)28-23)18-7-5-4-6-15-27-16-14-20-8-11-22(12-9-20)33(2,30)31/h8-9,11-12,21,27H,3-7,10,13-19H2,1-2H3,(H2,26,28). The first kappa shape index (κ1) is 26.1. The molecule has 1 aliphatic carbocycles. The molecule has 0 fully saturated rings. The molecule has 6 nitrogen and oxygen atoms in total. The fourth-order valence-electron chi connectivity index (χ4n) is 4.63. The van der Waals surface area contributed by atoms with Crippen LogP contribution in [0, 0.1) is 0 Å². The lowest BCUT2D eigenvalue weighted by Gasteiger charge is -2.33. The second kappa shape index (κ2) is 12.8. The van der Waals surface area contributed by atoms with Gasteiger partial charge in [-0.2, -0.15) is 0 Å². The second-order valence-corrected chi connectivity index (χ2v) is 12.3. The maximum absolute atomic E-state index is 11.5. The van der Waals surface area contributed by atoms with Gasteiger partial charge in [0, 0.05) is 17.2 Å². The molecule has 2 aromatic rings. The van der Waals surface area contributed by atoms with E-state index in [9.17, 15) is 8.42 Å². The quantitative estimate of drug-likeness (QED) is 0.386. The molecule has 33 heavy (non-hydrogen) atoms. The number of aromatic nitrogens is 1. The summed E-state index contributed by atoms with van der Waals surface area (Å²) in [4.78, 5) is 8.98. The van der Waals surface area contributed by atoms with Crippen molar-refractivity contribution in [1.29, 1.82) is 0 Å². The molecule has 0 aliphatic heterocycles. The zero-order valence-corrected chi connectivity index (χ0v) is 21.8. The van der Waals surface area contributed by atoms with Gasteiger partial charge < -0.3 is 16.0 Å². The number of thiazole rings is 1. The number of nitrogen functional groups attached to an aromatic ring is 1. The zero-order chi connectivity index (χ0) is 23.7. The van der Waals surface area contributed by atoms with Crippen LogP contribution >= 0.6 is 11.3 Å². The minimum atomic E-state index is -3.11. The Kier molecular flexibility index (Phi) is 10.2. The lowest BCUT2D eigenvalue weighted by molar-refractivity contribution is 0.176. The molecule has 0 radical (unpaired) electrons. The maximum atomic E-state index is 11.5. The lowest BCUT2D eigenvalue weighted by Crippen LogP contribution is -2.40. The molecule has 0 spiro atoms. The summed E-state index contributed by atoms with van der Waals surface area (Å²) in [7, 11) is -3.11. The molecule has 0 amide bonds. The number of nitrogens with zero attached hydrogens (tertiary/aromatic N) is 2. The van der Waals surface area contributed by atoms with E-state index in [4.69, 9.17) is 5.73 Å². The van der Waals surface area contributed by atoms with Gasteiger partial charge in [-0.15, -0.1) is 11.3 Å². The summed E-state index contributed by atoms with van der Waals surface area (Å²) >= 11 is 1.68. The number of anilines is 1. The topological polar surface area (TPSA) is 88.3 Å². The number of nitrogens with one attached hydrogen (secondary N) is 1. The molecular formula is C25H40N4O2S2. The number of benzene rings is 1. The summed E-state index contributed by atoms with van der Waals surface area (Å²) in [5, 5.41) is 4.24. The van der Waals surface area contributed by atoms with Gasteiger partial charge in [-0.05, 0) is 88.8 Å². The Morgan fingerprint density at radius 1 is 1.12 bits per heavy atom. The Hall–Kier alpha value is -1.48. The summed E-state index contributed by atoms with van der Waals surface area (Å²) in [5.41, 5.74) is 8.32. The molecule has 1 unspecified atom stereocenters. The van der Waals surface area contributed by atoms with E-state index in [1.54, 1.807) is 23.5 Å². The molecule has 1 atom stereocenters. The molecule has 1 heterocycles. The third-order valence-corrected chi connectivity index (χ3v) is 8.53. The van der Waals surface area contributed by atoms with E-state index in [1.165, 1.54) is 74.0 Å². The van der Waals surface area contributed by atoms with Gasteiger partial charge in [0.05, 0.1) is 10.6 Å². The van der Waals surface area contributed by atoms with Gasteiger partial charge >= 0.3 is 0 Å². The molecule has 1 aromatic carbocycles. The van der Waals surface area contributed by atoms with Gasteiger partial charge in [0.1, 0.15) is 0 Å². The highest BCUT2D eigenvalue weighted by Crippen LogP contribution is 2.30. The number of hydrogen-bond acceptors (Lipinski definition) is 7. The summed E-state index contributed by atoms with van der Waals surface area (Å²) in [6, 6.07) is 7.87. The maximum Gasteiger partial charge on any atom is 0.180 e. The van der Waals surface area contributed by atoms with Crippen molar-refractivity contribution in [3.05, 3.63) is 40.4 Å². The van der Waals surface area contributed by atoms with Crippen LogP contribution in [0.3, 0.4) is 0 Å². The molecule has 184 valence electrons. The van der Waals surface area contributed by atoms with Crippen LogP contribution in [0.2, 0.25) is 0 Å². The van der Waals surface area contributed by atoms with E-state index in [0.717, 1.165) is 37.5 Å². The first-order chi connectivity index (χ1) is 15.9. The fourth-order valence-corrected chi connectivity index (χ4v) is 6.21. The van der Waals surface area contributed by atoms with Crippen molar-refractivity contribution in [3.8, 4) is 0 Å². The van der Waals surface area contributed by atoms with Crippen LogP contribution in [-0.2, 0) is 29.1 Å². The minimum Gasteiger partial charge on any atom is -0.375 e. The predicted molar refractivity (Wildman–Crippen MR) is 139 cm³/mol. The van der Waals surface area contributed by atoms with Crippen LogP contribution < -0.4 is 11.1 Å². The molecule has 3 N–H and O–H groups in total. The highest BCUT2D eigenvalue weighted by Gasteiger charge is 2.26. The minimum absolute atomic E-state index is 0.387. The van der Waals surface area contributed by atoms with Crippen LogP contribution in [-0.4, -0.2) is 56.8 Å². The van der Waals surface area contributed by atoms with E-state index < -0.39 is 9.84 Å². The van der Waals surface area contributed by atoms with Crippen molar-refractivity contribution in [3.63, 3.8) is 0 Å². The first-order valence-corrected chi connectivity index (χ1v) is 15.1. The monoisotopic (exact) mass is 492 g/mol. The summed E-state index contributed by atoms with van der Waals surface area (Å²) in [6.07, 6.45) is 11.8. The normalized spacial score (nSPS) is 16.3. The van der Waals surface area contributed by atoms with Crippen molar-refractivity contribution in [2.75, 3.05) is 38.2 Å². The van der Waals surface area contributed by atoms with Crippen LogP contribution in [0.1, 0.15) is 61.6 Å². The highest BCUT2D eigenvalue weighted by atomic mass is 32.2. The van der Waals surface area contributed by atoms with Crippen molar-refractivity contribution >= 4 is 26.3 Å². The van der Waals surface area contributed by atoms with E-state index in [0.29, 0.717) is 10.9 Å². The Bertz CT molecular complexity index is 957. The molecular weight excluding hydrogens is 452 g/mol. The summed E-state index contributed by atoms with van der Waals surface area (Å²) < 4.78 is 23.1. The van der Waals surface area contributed by atoms with Gasteiger partial charge in [0.15, 0.2) is 15.0 Å². The largest absolute Gasteiger partial charge is 0.375 e.